The molecule has 31 heavy (non-hydrogen) atoms. The number of likely N-dealkylation sites (N-methyl/N-ethyl adjacent to an activating group) is 1. The topological polar surface area (TPSA) is 102 Å². The number of β-amino-alcohol motifs (C(OH)–C–C–N with tert-alkyl or cyclic N) is 1. The summed E-state index contributed by atoms with van der Waals surface area (Å²) in [6.45, 7) is 10.4. The molecule has 0 aliphatic carbocycles. The first-order valence-corrected chi connectivity index (χ1v) is 11.5. The molecule has 2 aromatic rings. The summed E-state index contributed by atoms with van der Waals surface area (Å²) in [6, 6.07) is 3.70. The fourth-order valence-corrected chi connectivity index (χ4v) is 4.72. The zero-order valence-electron chi connectivity index (χ0n) is 19.1. The first-order chi connectivity index (χ1) is 14.6. The van der Waals surface area contributed by atoms with Crippen molar-refractivity contribution in [1.82, 2.24) is 31.0 Å². The molecule has 4 N–H and O–H groups in total. The number of hydrogen-bond acceptors (Lipinski definition) is 8. The summed E-state index contributed by atoms with van der Waals surface area (Å²) in [5, 5.41) is 13.3. The van der Waals surface area contributed by atoms with Crippen LogP contribution in [0.3, 0.4) is 0 Å². The molecule has 1 aliphatic heterocycles. The smallest absolute Gasteiger partial charge is 0.241 e. The summed E-state index contributed by atoms with van der Waals surface area (Å²) in [6.07, 6.45) is 1.51. The number of carbonyl (C=O) groups excluding carboxylic acids is 1. The van der Waals surface area contributed by atoms with E-state index in [4.69, 9.17) is 0 Å². The first-order valence-electron chi connectivity index (χ1n) is 10.6. The molecule has 0 unspecified atom stereocenters. The third-order valence-electron chi connectivity index (χ3n) is 5.69. The molecule has 3 heterocycles. The van der Waals surface area contributed by atoms with Gasteiger partial charge in [0.25, 0.3) is 0 Å². The zero-order chi connectivity index (χ0) is 22.8. The Kier molecular flexibility index (Phi) is 7.43. The predicted molar refractivity (Wildman–Crippen MR) is 123 cm³/mol. The minimum absolute atomic E-state index is 0.00977. The van der Waals surface area contributed by atoms with Crippen molar-refractivity contribution in [2.24, 2.45) is 5.41 Å². The minimum Gasteiger partial charge on any atom is -0.391 e. The van der Waals surface area contributed by atoms with Crippen molar-refractivity contribution < 1.29 is 9.90 Å². The Morgan fingerprint density at radius 3 is 2.61 bits per heavy atom. The van der Waals surface area contributed by atoms with Crippen molar-refractivity contribution in [3.8, 4) is 10.6 Å². The number of carbonyl (C=O) groups is 1. The molecule has 0 bridgehead atoms. The van der Waals surface area contributed by atoms with Crippen LogP contribution in [0.25, 0.3) is 10.6 Å². The van der Waals surface area contributed by atoms with Gasteiger partial charge in [-0.15, -0.1) is 11.3 Å². The number of aryl methyl sites for hydroxylation is 1. The van der Waals surface area contributed by atoms with Gasteiger partial charge in [0.1, 0.15) is 0 Å². The van der Waals surface area contributed by atoms with Gasteiger partial charge in [-0.3, -0.25) is 9.78 Å². The normalized spacial score (nSPS) is 21.3. The monoisotopic (exact) mass is 446 g/mol. The molecular weight excluding hydrogens is 412 g/mol. The number of hydrazine groups is 1. The van der Waals surface area contributed by atoms with Crippen LogP contribution in [0.2, 0.25) is 0 Å². The Morgan fingerprint density at radius 2 is 2.06 bits per heavy atom. The zero-order valence-corrected chi connectivity index (χ0v) is 20.0. The molecular formula is C22H34N6O2S. The maximum atomic E-state index is 13.1. The summed E-state index contributed by atoms with van der Waals surface area (Å²) in [5.74, 6) is -0.00977. The number of nitrogens with zero attached hydrogens (tertiary/aromatic N) is 3. The van der Waals surface area contributed by atoms with Gasteiger partial charge in [-0.25, -0.2) is 15.8 Å². The van der Waals surface area contributed by atoms with E-state index in [0.29, 0.717) is 13.0 Å². The molecule has 0 aromatic carbocycles. The number of hydrogen-bond donors (Lipinski definition) is 4. The Hall–Kier alpha value is -1.91. The van der Waals surface area contributed by atoms with E-state index in [1.165, 1.54) is 0 Å². The Morgan fingerprint density at radius 1 is 1.32 bits per heavy atom. The number of aromatic nitrogens is 2. The van der Waals surface area contributed by atoms with E-state index in [9.17, 15) is 9.90 Å². The van der Waals surface area contributed by atoms with Gasteiger partial charge in [0, 0.05) is 25.2 Å². The van der Waals surface area contributed by atoms with Gasteiger partial charge >= 0.3 is 0 Å². The quantitative estimate of drug-likeness (QED) is 0.484. The Balaban J connectivity index is 1.63. The second kappa shape index (κ2) is 9.70. The van der Waals surface area contributed by atoms with E-state index in [0.717, 1.165) is 21.8 Å². The van der Waals surface area contributed by atoms with Crippen LogP contribution in [0.5, 0.6) is 0 Å². The van der Waals surface area contributed by atoms with Gasteiger partial charge in [0.15, 0.2) is 0 Å². The highest BCUT2D eigenvalue weighted by molar-refractivity contribution is 7.13. The molecule has 170 valence electrons. The molecule has 3 rings (SSSR count). The second-order valence-electron chi connectivity index (χ2n) is 9.24. The van der Waals surface area contributed by atoms with Crippen molar-refractivity contribution in [2.75, 3.05) is 13.6 Å². The van der Waals surface area contributed by atoms with E-state index >= 15 is 0 Å². The molecule has 4 atom stereocenters. The highest BCUT2D eigenvalue weighted by Crippen LogP contribution is 2.27. The van der Waals surface area contributed by atoms with Crippen LogP contribution in [-0.2, 0) is 4.79 Å². The fraction of sp³-hybridized carbons (Fsp3) is 0.591. The van der Waals surface area contributed by atoms with Crippen LogP contribution in [-0.4, -0.2) is 57.8 Å². The van der Waals surface area contributed by atoms with E-state index in [1.54, 1.807) is 23.3 Å². The van der Waals surface area contributed by atoms with Gasteiger partial charge in [-0.05, 0) is 37.9 Å². The largest absolute Gasteiger partial charge is 0.391 e. The van der Waals surface area contributed by atoms with Gasteiger partial charge in [0.2, 0.25) is 5.91 Å². The molecule has 2 aromatic heterocycles. The van der Waals surface area contributed by atoms with Crippen molar-refractivity contribution in [3.63, 3.8) is 0 Å². The van der Waals surface area contributed by atoms with Crippen LogP contribution in [0.1, 0.15) is 51.4 Å². The number of aliphatic hydroxyl groups excluding tert-OH is 1. The summed E-state index contributed by atoms with van der Waals surface area (Å²) in [5.41, 5.74) is 11.1. The lowest BCUT2D eigenvalue weighted by Gasteiger charge is -2.35. The van der Waals surface area contributed by atoms with Gasteiger partial charge in [0.05, 0.1) is 40.1 Å². The number of aliphatic hydroxyl groups is 1. The summed E-state index contributed by atoms with van der Waals surface area (Å²) < 4.78 is 0. The number of pyridine rings is 1. The summed E-state index contributed by atoms with van der Waals surface area (Å²) in [7, 11) is 1.80. The Labute approximate surface area is 188 Å². The minimum atomic E-state index is -0.542. The number of amides is 1. The van der Waals surface area contributed by atoms with Crippen molar-refractivity contribution in [3.05, 3.63) is 35.1 Å². The lowest BCUT2D eigenvalue weighted by Crippen LogP contribution is -2.57. The van der Waals surface area contributed by atoms with Gasteiger partial charge < -0.3 is 15.3 Å². The van der Waals surface area contributed by atoms with Gasteiger partial charge in [-0.2, -0.15) is 0 Å². The van der Waals surface area contributed by atoms with Crippen LogP contribution in [0.4, 0.5) is 0 Å². The number of thiazole rings is 1. The molecule has 1 amide bonds. The van der Waals surface area contributed by atoms with Gasteiger partial charge in [-0.1, -0.05) is 26.8 Å². The Bertz CT molecular complexity index is 879. The molecule has 1 fully saturated rings. The van der Waals surface area contributed by atoms with Crippen molar-refractivity contribution in [1.29, 1.82) is 0 Å². The van der Waals surface area contributed by atoms with E-state index < -0.39 is 6.10 Å². The molecule has 1 aliphatic rings. The van der Waals surface area contributed by atoms with Crippen LogP contribution >= 0.6 is 11.3 Å². The maximum Gasteiger partial charge on any atom is 0.241 e. The lowest BCUT2D eigenvalue weighted by molar-refractivity contribution is -0.138. The summed E-state index contributed by atoms with van der Waals surface area (Å²) in [4.78, 5) is 24.8. The van der Waals surface area contributed by atoms with E-state index in [1.807, 2.05) is 58.5 Å². The van der Waals surface area contributed by atoms with Crippen LogP contribution in [0.15, 0.2) is 23.8 Å². The number of rotatable bonds is 7. The van der Waals surface area contributed by atoms with Crippen LogP contribution in [0, 0.1) is 12.3 Å². The molecule has 9 heteroatoms. The average molecular weight is 447 g/mol. The third kappa shape index (κ3) is 5.48. The SMILES string of the molecule is CN[C@H](C(=O)N1C[C@H](O)C[C@H]1NN[C@@H](C)c1ccc(-c2scnc2C)nc1)C(C)(C)C. The van der Waals surface area contributed by atoms with Crippen molar-refractivity contribution >= 4 is 17.2 Å². The number of nitrogens with one attached hydrogen (secondary N) is 3. The predicted octanol–water partition coefficient (Wildman–Crippen LogP) is 2.22. The second-order valence-corrected chi connectivity index (χ2v) is 10.1. The molecule has 1 saturated heterocycles. The first kappa shape index (κ1) is 23.7. The molecule has 8 nitrogen and oxygen atoms in total. The average Bonchev–Trinajstić information content (AvgIpc) is 3.30. The standard InChI is InChI=1S/C22H34N6O2S/c1-13(15-7-8-17(24-10-15)19-14(2)25-12-31-19)26-27-18-9-16(29)11-28(18)21(30)20(23-6)22(3,4)5/h7-8,10,12-13,16,18,20,23,26-27,29H,9,11H2,1-6H3/t13-,16+,18-,20+/m0/s1. The maximum absolute atomic E-state index is 13.1. The molecule has 0 radical (unpaired) electrons. The fourth-order valence-electron chi connectivity index (χ4n) is 3.93. The third-order valence-corrected chi connectivity index (χ3v) is 6.65. The van der Waals surface area contributed by atoms with E-state index in [2.05, 4.69) is 26.1 Å². The highest BCUT2D eigenvalue weighted by atomic mass is 32.1. The van der Waals surface area contributed by atoms with E-state index in [-0.39, 0.29) is 29.6 Å². The lowest BCUT2D eigenvalue weighted by atomic mass is 9.86. The highest BCUT2D eigenvalue weighted by Gasteiger charge is 2.40. The van der Waals surface area contributed by atoms with Crippen molar-refractivity contribution in [2.45, 2.75) is 65.4 Å². The molecule has 0 saturated carbocycles. The molecule has 0 spiro atoms. The van der Waals surface area contributed by atoms with Crippen LogP contribution < -0.4 is 16.2 Å². The summed E-state index contributed by atoms with van der Waals surface area (Å²) >= 11 is 1.58. The number of likely N-dealkylation sites (tertiary alicyclic amines) is 1.